The molecule has 0 radical (unpaired) electrons. The molecule has 1 unspecified atom stereocenters. The second kappa shape index (κ2) is 5.36. The lowest BCUT2D eigenvalue weighted by atomic mass is 9.94. The van der Waals surface area contributed by atoms with Crippen LogP contribution in [0.1, 0.15) is 39.0 Å². The number of nitrogens with two attached hydrogens (primary N) is 1. The van der Waals surface area contributed by atoms with Gasteiger partial charge >= 0.3 is 6.18 Å². The molecule has 3 N–H and O–H groups in total. The summed E-state index contributed by atoms with van der Waals surface area (Å²) in [6.45, 7) is 3.18. The molecule has 0 aliphatic heterocycles. The molecular weight excluding hydrogens is 217 g/mol. The van der Waals surface area contributed by atoms with Gasteiger partial charge < -0.3 is 11.1 Å². The highest BCUT2D eigenvalue weighted by Crippen LogP contribution is 2.29. The Morgan fingerprint density at radius 2 is 1.88 bits per heavy atom. The van der Waals surface area contributed by atoms with E-state index in [1.54, 1.807) is 0 Å². The molecule has 1 saturated carbocycles. The van der Waals surface area contributed by atoms with Crippen molar-refractivity contribution in [2.75, 3.05) is 13.1 Å². The van der Waals surface area contributed by atoms with E-state index < -0.39 is 12.6 Å². The molecule has 0 aromatic carbocycles. The van der Waals surface area contributed by atoms with E-state index in [0.29, 0.717) is 18.9 Å². The van der Waals surface area contributed by atoms with Gasteiger partial charge in [-0.05, 0) is 45.1 Å². The quantitative estimate of drug-likeness (QED) is 0.715. The van der Waals surface area contributed by atoms with Crippen LogP contribution >= 0.6 is 0 Å². The number of rotatable bonds is 7. The van der Waals surface area contributed by atoms with Crippen LogP contribution in [0.4, 0.5) is 13.2 Å². The van der Waals surface area contributed by atoms with Crippen molar-refractivity contribution in [3.05, 3.63) is 0 Å². The Morgan fingerprint density at radius 1 is 1.25 bits per heavy atom. The van der Waals surface area contributed by atoms with Crippen LogP contribution in [0.25, 0.3) is 0 Å². The van der Waals surface area contributed by atoms with Gasteiger partial charge in [-0.1, -0.05) is 0 Å². The fraction of sp³-hybridized carbons (Fsp3) is 1.00. The summed E-state index contributed by atoms with van der Waals surface area (Å²) in [5.74, 6) is 0.716. The largest absolute Gasteiger partial charge is 0.389 e. The average molecular weight is 238 g/mol. The van der Waals surface area contributed by atoms with Crippen LogP contribution in [-0.4, -0.2) is 24.8 Å². The molecule has 16 heavy (non-hydrogen) atoms. The van der Waals surface area contributed by atoms with Crippen molar-refractivity contribution in [1.29, 1.82) is 0 Å². The maximum atomic E-state index is 12.0. The monoisotopic (exact) mass is 238 g/mol. The first-order valence-corrected chi connectivity index (χ1v) is 5.86. The van der Waals surface area contributed by atoms with Crippen LogP contribution in [0.2, 0.25) is 0 Å². The number of hydrogen-bond acceptors (Lipinski definition) is 2. The molecule has 1 aliphatic rings. The number of hydrogen-bond donors (Lipinski definition) is 2. The fourth-order valence-electron chi connectivity index (χ4n) is 1.65. The first-order chi connectivity index (χ1) is 7.35. The van der Waals surface area contributed by atoms with Gasteiger partial charge in [0.2, 0.25) is 0 Å². The Bertz CT molecular complexity index is 214. The summed E-state index contributed by atoms with van der Waals surface area (Å²) >= 11 is 0. The van der Waals surface area contributed by atoms with Gasteiger partial charge in [0.25, 0.3) is 0 Å². The second-order valence-electron chi connectivity index (χ2n) is 5.06. The van der Waals surface area contributed by atoms with Gasteiger partial charge in [-0.15, -0.1) is 0 Å². The van der Waals surface area contributed by atoms with Gasteiger partial charge in [0.1, 0.15) is 0 Å². The SMILES string of the molecule is CC(CN)(CCCC(F)(F)F)NCC1CC1. The van der Waals surface area contributed by atoms with E-state index >= 15 is 0 Å². The van der Waals surface area contributed by atoms with Gasteiger partial charge in [0, 0.05) is 18.5 Å². The lowest BCUT2D eigenvalue weighted by Gasteiger charge is -2.30. The summed E-state index contributed by atoms with van der Waals surface area (Å²) in [5, 5.41) is 3.30. The third-order valence-electron chi connectivity index (χ3n) is 3.15. The maximum Gasteiger partial charge on any atom is 0.389 e. The summed E-state index contributed by atoms with van der Waals surface area (Å²) < 4.78 is 36.0. The van der Waals surface area contributed by atoms with Crippen molar-refractivity contribution < 1.29 is 13.2 Å². The zero-order valence-corrected chi connectivity index (χ0v) is 9.74. The van der Waals surface area contributed by atoms with E-state index in [0.717, 1.165) is 6.54 Å². The Morgan fingerprint density at radius 3 is 2.31 bits per heavy atom. The van der Waals surface area contributed by atoms with Crippen molar-refractivity contribution in [3.63, 3.8) is 0 Å². The third-order valence-corrected chi connectivity index (χ3v) is 3.15. The molecule has 96 valence electrons. The van der Waals surface area contributed by atoms with Crippen molar-refractivity contribution >= 4 is 0 Å². The molecule has 1 fully saturated rings. The Hall–Kier alpha value is -0.290. The highest BCUT2D eigenvalue weighted by atomic mass is 19.4. The van der Waals surface area contributed by atoms with Gasteiger partial charge in [0.15, 0.2) is 0 Å². The molecule has 1 aliphatic carbocycles. The predicted octanol–water partition coefficient (Wildman–Crippen LogP) is 2.44. The summed E-state index contributed by atoms with van der Waals surface area (Å²) in [6.07, 6.45) is -1.67. The van der Waals surface area contributed by atoms with E-state index in [1.807, 2.05) is 6.92 Å². The summed E-state index contributed by atoms with van der Waals surface area (Å²) in [6, 6.07) is 0. The first kappa shape index (κ1) is 13.8. The molecule has 0 aromatic rings. The maximum absolute atomic E-state index is 12.0. The summed E-state index contributed by atoms with van der Waals surface area (Å²) in [4.78, 5) is 0. The van der Waals surface area contributed by atoms with Crippen molar-refractivity contribution in [2.45, 2.75) is 50.7 Å². The van der Waals surface area contributed by atoms with E-state index in [2.05, 4.69) is 5.32 Å². The lowest BCUT2D eigenvalue weighted by Crippen LogP contribution is -2.49. The van der Waals surface area contributed by atoms with Gasteiger partial charge in [-0.2, -0.15) is 13.2 Å². The van der Waals surface area contributed by atoms with Crippen LogP contribution in [0.15, 0.2) is 0 Å². The summed E-state index contributed by atoms with van der Waals surface area (Å²) in [5.41, 5.74) is 5.28. The van der Waals surface area contributed by atoms with E-state index in [-0.39, 0.29) is 12.0 Å². The third kappa shape index (κ3) is 5.70. The molecule has 5 heteroatoms. The summed E-state index contributed by atoms with van der Waals surface area (Å²) in [7, 11) is 0. The topological polar surface area (TPSA) is 38.0 Å². The van der Waals surface area contributed by atoms with Crippen LogP contribution in [0, 0.1) is 5.92 Å². The minimum absolute atomic E-state index is 0.148. The molecule has 1 rings (SSSR count). The van der Waals surface area contributed by atoms with Gasteiger partial charge in [-0.25, -0.2) is 0 Å². The molecule has 0 aromatic heterocycles. The zero-order valence-electron chi connectivity index (χ0n) is 9.74. The van der Waals surface area contributed by atoms with Crippen molar-refractivity contribution in [2.24, 2.45) is 11.7 Å². The predicted molar refractivity (Wildman–Crippen MR) is 58.1 cm³/mol. The van der Waals surface area contributed by atoms with Crippen molar-refractivity contribution in [1.82, 2.24) is 5.32 Å². The lowest BCUT2D eigenvalue weighted by molar-refractivity contribution is -0.136. The fourth-order valence-corrected chi connectivity index (χ4v) is 1.65. The highest BCUT2D eigenvalue weighted by Gasteiger charge is 2.30. The molecule has 1 atom stereocenters. The van der Waals surface area contributed by atoms with E-state index in [9.17, 15) is 13.2 Å². The molecule has 0 saturated heterocycles. The standard InChI is InChI=1S/C11H21F3N2/c1-10(8-15,16-7-9-3-4-9)5-2-6-11(12,13)14/h9,16H,2-8,15H2,1H3. The molecule has 0 spiro atoms. The molecule has 0 bridgehead atoms. The van der Waals surface area contributed by atoms with Crippen molar-refractivity contribution in [3.8, 4) is 0 Å². The van der Waals surface area contributed by atoms with Crippen LogP contribution in [0.3, 0.4) is 0 Å². The number of halogens is 3. The molecule has 2 nitrogen and oxygen atoms in total. The minimum atomic E-state index is -4.05. The van der Waals surface area contributed by atoms with Gasteiger partial charge in [-0.3, -0.25) is 0 Å². The first-order valence-electron chi connectivity index (χ1n) is 5.86. The highest BCUT2D eigenvalue weighted by molar-refractivity contribution is 4.87. The normalized spacial score (nSPS) is 20.8. The average Bonchev–Trinajstić information content (AvgIpc) is 2.96. The Kier molecular flexibility index (Phi) is 4.62. The molecule has 0 heterocycles. The molecule has 0 amide bonds. The number of nitrogens with one attached hydrogen (secondary N) is 1. The Balaban J connectivity index is 2.22. The van der Waals surface area contributed by atoms with Crippen LogP contribution in [0.5, 0.6) is 0 Å². The number of alkyl halides is 3. The second-order valence-corrected chi connectivity index (χ2v) is 5.06. The molecular formula is C11H21F3N2. The van der Waals surface area contributed by atoms with E-state index in [1.165, 1.54) is 12.8 Å². The van der Waals surface area contributed by atoms with Crippen LogP contribution < -0.4 is 11.1 Å². The zero-order chi connectivity index (χ0) is 12.2. The minimum Gasteiger partial charge on any atom is -0.329 e. The van der Waals surface area contributed by atoms with Gasteiger partial charge in [0.05, 0.1) is 0 Å². The van der Waals surface area contributed by atoms with Crippen LogP contribution in [-0.2, 0) is 0 Å². The Labute approximate surface area is 94.8 Å². The van der Waals surface area contributed by atoms with E-state index in [4.69, 9.17) is 5.73 Å². The smallest absolute Gasteiger partial charge is 0.329 e.